The Labute approximate surface area is 122 Å². The van der Waals surface area contributed by atoms with Gasteiger partial charge in [0.1, 0.15) is 6.54 Å². The first-order chi connectivity index (χ1) is 10.1. The lowest BCUT2D eigenvalue weighted by Crippen LogP contribution is -2.41. The molecule has 6 nitrogen and oxygen atoms in total. The number of fused-ring (bicyclic) bond motifs is 1. The number of hydrogen-bond acceptors (Lipinski definition) is 3. The highest BCUT2D eigenvalue weighted by atomic mass is 16.2. The molecule has 0 saturated heterocycles. The third-order valence-corrected chi connectivity index (χ3v) is 4.08. The van der Waals surface area contributed by atoms with Crippen LogP contribution in [0.4, 0.5) is 0 Å². The lowest BCUT2D eigenvalue weighted by Gasteiger charge is -2.27. The molecule has 0 radical (unpaired) electrons. The zero-order valence-corrected chi connectivity index (χ0v) is 12.2. The summed E-state index contributed by atoms with van der Waals surface area (Å²) in [6, 6.07) is 5.56. The van der Waals surface area contributed by atoms with Crippen molar-refractivity contribution in [2.24, 2.45) is 5.92 Å². The van der Waals surface area contributed by atoms with Crippen LogP contribution in [-0.4, -0.2) is 26.1 Å². The molecule has 2 atom stereocenters. The number of carbonyl (C=O) groups is 1. The molecule has 1 amide bonds. The van der Waals surface area contributed by atoms with Crippen LogP contribution in [0.3, 0.4) is 0 Å². The number of hydrogen-bond donors (Lipinski definition) is 1. The van der Waals surface area contributed by atoms with Gasteiger partial charge in [-0.3, -0.25) is 9.20 Å². The minimum Gasteiger partial charge on any atom is -0.352 e. The van der Waals surface area contributed by atoms with Crippen LogP contribution in [0.25, 0.3) is 5.65 Å². The summed E-state index contributed by atoms with van der Waals surface area (Å²) in [5.74, 6) is 0.515. The fourth-order valence-corrected chi connectivity index (χ4v) is 3.05. The molecule has 1 aliphatic carbocycles. The Hall–Kier alpha value is -2.11. The molecule has 0 aromatic carbocycles. The summed E-state index contributed by atoms with van der Waals surface area (Å²) >= 11 is 0. The van der Waals surface area contributed by atoms with Gasteiger partial charge < -0.3 is 5.32 Å². The van der Waals surface area contributed by atoms with Gasteiger partial charge in [-0.2, -0.15) is 0 Å². The number of aromatic nitrogens is 3. The number of rotatable bonds is 3. The van der Waals surface area contributed by atoms with E-state index < -0.39 is 0 Å². The number of amides is 1. The van der Waals surface area contributed by atoms with E-state index in [2.05, 4.69) is 17.3 Å². The standard InChI is InChI=1S/C15H20N4O2/c1-11-5-4-6-12(9-11)16-14(20)10-19-15(21)18-8-3-2-7-13(18)17-19/h2-3,7-8,11-12H,4-6,9-10H2,1H3,(H,16,20). The smallest absolute Gasteiger partial charge is 0.350 e. The van der Waals surface area contributed by atoms with Crippen LogP contribution in [0.5, 0.6) is 0 Å². The number of nitrogens with zero attached hydrogens (tertiary/aromatic N) is 3. The van der Waals surface area contributed by atoms with E-state index in [4.69, 9.17) is 0 Å². The maximum atomic E-state index is 12.1. The SMILES string of the molecule is CC1CCCC(NC(=O)Cn2nc3ccccn3c2=O)C1. The van der Waals surface area contributed by atoms with Gasteiger partial charge in [-0.15, -0.1) is 5.10 Å². The summed E-state index contributed by atoms with van der Waals surface area (Å²) in [7, 11) is 0. The quantitative estimate of drug-likeness (QED) is 0.922. The monoisotopic (exact) mass is 288 g/mol. The number of carbonyl (C=O) groups excluding carboxylic acids is 1. The topological polar surface area (TPSA) is 68.4 Å². The average Bonchev–Trinajstić information content (AvgIpc) is 2.76. The average molecular weight is 288 g/mol. The zero-order valence-electron chi connectivity index (χ0n) is 12.2. The normalized spacial score (nSPS) is 22.3. The predicted octanol–water partition coefficient (Wildman–Crippen LogP) is 1.19. The second-order valence-electron chi connectivity index (χ2n) is 5.91. The molecule has 2 aromatic heterocycles. The molecular weight excluding hydrogens is 268 g/mol. The predicted molar refractivity (Wildman–Crippen MR) is 79.0 cm³/mol. The Morgan fingerprint density at radius 2 is 2.29 bits per heavy atom. The summed E-state index contributed by atoms with van der Waals surface area (Å²) in [5.41, 5.74) is 0.277. The van der Waals surface area contributed by atoms with E-state index in [0.29, 0.717) is 11.6 Å². The van der Waals surface area contributed by atoms with Crippen LogP contribution in [0.2, 0.25) is 0 Å². The lowest BCUT2D eigenvalue weighted by molar-refractivity contribution is -0.122. The first-order valence-electron chi connectivity index (χ1n) is 7.47. The minimum absolute atomic E-state index is 0.0224. The van der Waals surface area contributed by atoms with Crippen LogP contribution in [-0.2, 0) is 11.3 Å². The Bertz CT molecular complexity index is 703. The van der Waals surface area contributed by atoms with Crippen LogP contribution < -0.4 is 11.0 Å². The van der Waals surface area contributed by atoms with Gasteiger partial charge in [0, 0.05) is 12.2 Å². The maximum absolute atomic E-state index is 12.1. The third-order valence-electron chi connectivity index (χ3n) is 4.08. The third kappa shape index (κ3) is 2.99. The highest BCUT2D eigenvalue weighted by Crippen LogP contribution is 2.23. The second kappa shape index (κ2) is 5.71. The second-order valence-corrected chi connectivity index (χ2v) is 5.91. The molecule has 21 heavy (non-hydrogen) atoms. The fraction of sp³-hybridized carbons (Fsp3) is 0.533. The molecule has 2 aromatic rings. The van der Waals surface area contributed by atoms with E-state index in [9.17, 15) is 9.59 Å². The van der Waals surface area contributed by atoms with Gasteiger partial charge in [0.2, 0.25) is 5.91 Å². The summed E-state index contributed by atoms with van der Waals surface area (Å²) in [6.07, 6.45) is 6.09. The molecule has 3 rings (SSSR count). The molecule has 2 heterocycles. The summed E-state index contributed by atoms with van der Waals surface area (Å²) in [6.45, 7) is 2.19. The number of nitrogens with one attached hydrogen (secondary N) is 1. The zero-order chi connectivity index (χ0) is 14.8. The van der Waals surface area contributed by atoms with Crippen molar-refractivity contribution in [3.8, 4) is 0 Å². The molecule has 6 heteroatoms. The molecule has 0 aliphatic heterocycles. The van der Waals surface area contributed by atoms with Crippen molar-refractivity contribution in [1.29, 1.82) is 0 Å². The molecular formula is C15H20N4O2. The van der Waals surface area contributed by atoms with Gasteiger partial charge in [0.25, 0.3) is 0 Å². The van der Waals surface area contributed by atoms with Crippen LogP contribution in [0, 0.1) is 5.92 Å². The van der Waals surface area contributed by atoms with Gasteiger partial charge in [0.05, 0.1) is 0 Å². The largest absolute Gasteiger partial charge is 0.352 e. The molecule has 1 aliphatic rings. The van der Waals surface area contributed by atoms with E-state index in [1.54, 1.807) is 18.3 Å². The number of pyridine rings is 1. The van der Waals surface area contributed by atoms with Gasteiger partial charge in [-0.05, 0) is 30.9 Å². The van der Waals surface area contributed by atoms with Crippen LogP contribution >= 0.6 is 0 Å². The molecule has 112 valence electrons. The van der Waals surface area contributed by atoms with Crippen molar-refractivity contribution in [1.82, 2.24) is 19.5 Å². The molecule has 2 unspecified atom stereocenters. The van der Waals surface area contributed by atoms with Gasteiger partial charge in [-0.1, -0.05) is 25.8 Å². The highest BCUT2D eigenvalue weighted by Gasteiger charge is 2.21. The summed E-state index contributed by atoms with van der Waals surface area (Å²) in [4.78, 5) is 24.2. The summed E-state index contributed by atoms with van der Waals surface area (Å²) in [5, 5.41) is 7.19. The van der Waals surface area contributed by atoms with Crippen molar-refractivity contribution >= 4 is 11.6 Å². The molecule has 1 saturated carbocycles. The molecule has 1 fully saturated rings. The maximum Gasteiger partial charge on any atom is 0.350 e. The van der Waals surface area contributed by atoms with Gasteiger partial charge in [0.15, 0.2) is 5.65 Å². The Kier molecular flexibility index (Phi) is 3.77. The summed E-state index contributed by atoms with van der Waals surface area (Å²) < 4.78 is 2.66. The van der Waals surface area contributed by atoms with E-state index in [1.165, 1.54) is 15.5 Å². The minimum atomic E-state index is -0.280. The van der Waals surface area contributed by atoms with E-state index in [-0.39, 0.29) is 24.2 Å². The Balaban J connectivity index is 1.69. The van der Waals surface area contributed by atoms with Crippen LogP contribution in [0.15, 0.2) is 29.2 Å². The van der Waals surface area contributed by atoms with E-state index >= 15 is 0 Å². The van der Waals surface area contributed by atoms with Crippen molar-refractivity contribution in [3.63, 3.8) is 0 Å². The van der Waals surface area contributed by atoms with Crippen molar-refractivity contribution in [3.05, 3.63) is 34.9 Å². The fourth-order valence-electron chi connectivity index (χ4n) is 3.05. The van der Waals surface area contributed by atoms with E-state index in [1.807, 2.05) is 6.07 Å². The van der Waals surface area contributed by atoms with Crippen molar-refractivity contribution in [2.75, 3.05) is 0 Å². The van der Waals surface area contributed by atoms with Gasteiger partial charge in [-0.25, -0.2) is 9.48 Å². The first kappa shape index (κ1) is 13.9. The molecule has 0 spiro atoms. The van der Waals surface area contributed by atoms with Crippen molar-refractivity contribution in [2.45, 2.75) is 45.2 Å². The van der Waals surface area contributed by atoms with Crippen molar-refractivity contribution < 1.29 is 4.79 Å². The van der Waals surface area contributed by atoms with Crippen LogP contribution in [0.1, 0.15) is 32.6 Å². The first-order valence-corrected chi connectivity index (χ1v) is 7.47. The molecule has 0 bridgehead atoms. The Morgan fingerprint density at radius 3 is 3.05 bits per heavy atom. The highest BCUT2D eigenvalue weighted by molar-refractivity contribution is 5.76. The van der Waals surface area contributed by atoms with Gasteiger partial charge >= 0.3 is 5.69 Å². The molecule has 1 N–H and O–H groups in total. The lowest BCUT2D eigenvalue weighted by atomic mass is 9.87. The Morgan fingerprint density at radius 1 is 1.43 bits per heavy atom. The van der Waals surface area contributed by atoms with E-state index in [0.717, 1.165) is 19.3 Å².